The Morgan fingerprint density at radius 3 is 2.73 bits per heavy atom. The molecule has 3 heterocycles. The molecule has 1 aliphatic rings. The third kappa shape index (κ3) is 6.65. The van der Waals surface area contributed by atoms with Gasteiger partial charge in [0.15, 0.2) is 17.3 Å². The second-order valence-corrected chi connectivity index (χ2v) is 8.93. The summed E-state index contributed by atoms with van der Waals surface area (Å²) in [7, 11) is 0. The van der Waals surface area contributed by atoms with Crippen molar-refractivity contribution in [3.63, 3.8) is 0 Å². The number of amides is 1. The Kier molecular flexibility index (Phi) is 7.82. The van der Waals surface area contributed by atoms with Crippen LogP contribution in [-0.2, 0) is 6.18 Å². The monoisotopic (exact) mass is 546 g/mol. The Balaban J connectivity index is 1.44. The number of nitrogens with one attached hydrogen (secondary N) is 2. The summed E-state index contributed by atoms with van der Waals surface area (Å²) in [6, 6.07) is 3.71. The Morgan fingerprint density at radius 2 is 2.05 bits per heavy atom. The first-order valence-corrected chi connectivity index (χ1v) is 11.7. The number of hydrogen-bond acceptors (Lipinski definition) is 8. The maximum absolute atomic E-state index is 14.3. The van der Waals surface area contributed by atoms with Crippen LogP contribution in [0.4, 0.5) is 42.8 Å². The van der Waals surface area contributed by atoms with Crippen LogP contribution in [0.25, 0.3) is 0 Å². The molecule has 8 nitrogen and oxygen atoms in total. The highest BCUT2D eigenvalue weighted by Crippen LogP contribution is 2.31. The predicted molar refractivity (Wildman–Crippen MR) is 123 cm³/mol. The van der Waals surface area contributed by atoms with Gasteiger partial charge >= 0.3 is 6.18 Å². The van der Waals surface area contributed by atoms with E-state index >= 15 is 0 Å². The number of aryl methyl sites for hydroxylation is 1. The molecule has 1 saturated heterocycles. The Labute approximate surface area is 210 Å². The van der Waals surface area contributed by atoms with Crippen molar-refractivity contribution in [1.82, 2.24) is 19.2 Å². The number of carbonyl (C=O) groups is 1. The summed E-state index contributed by atoms with van der Waals surface area (Å²) < 4.78 is 87.4. The molecular formula is C22H20F6N6O2S. The third-order valence-electron chi connectivity index (χ3n) is 5.38. The van der Waals surface area contributed by atoms with Crippen molar-refractivity contribution in [2.24, 2.45) is 0 Å². The topological polar surface area (TPSA) is 92.3 Å². The standard InChI is InChI=1S/C22H20F6N6O2S/c1-11-19(21(37-33-11)32-18-8-29-16(7-30-18)22(26,27)28)20(35)31-12-2-3-14(23)15(6-12)36-13-4-5-34(9-13)10-17(24)25/h2-3,6-8,13,17H,4-5,9-10H2,1H3,(H,30,32)(H,31,35)/t13-/m0/s1. The average molecular weight is 546 g/mol. The molecule has 15 heteroatoms. The largest absolute Gasteiger partial charge is 0.486 e. The fourth-order valence-electron chi connectivity index (χ4n) is 3.68. The first-order chi connectivity index (χ1) is 17.5. The molecule has 2 N–H and O–H groups in total. The summed E-state index contributed by atoms with van der Waals surface area (Å²) in [6.45, 7) is 1.80. The van der Waals surface area contributed by atoms with Gasteiger partial charge in [-0.15, -0.1) is 0 Å². The molecule has 1 amide bonds. The number of benzene rings is 1. The number of rotatable bonds is 8. The quantitative estimate of drug-likeness (QED) is 0.379. The van der Waals surface area contributed by atoms with E-state index in [2.05, 4.69) is 25.0 Å². The zero-order chi connectivity index (χ0) is 26.7. The lowest BCUT2D eigenvalue weighted by Gasteiger charge is -2.17. The molecule has 198 valence electrons. The minimum atomic E-state index is -4.64. The van der Waals surface area contributed by atoms with E-state index in [0.717, 1.165) is 23.8 Å². The van der Waals surface area contributed by atoms with E-state index in [4.69, 9.17) is 4.74 Å². The molecule has 1 aliphatic heterocycles. The van der Waals surface area contributed by atoms with Gasteiger partial charge in [-0.1, -0.05) is 0 Å². The van der Waals surface area contributed by atoms with Gasteiger partial charge in [-0.3, -0.25) is 9.69 Å². The van der Waals surface area contributed by atoms with Gasteiger partial charge in [0.05, 0.1) is 30.2 Å². The summed E-state index contributed by atoms with van der Waals surface area (Å²) in [6.07, 6.45) is -5.71. The van der Waals surface area contributed by atoms with E-state index in [1.54, 1.807) is 6.92 Å². The summed E-state index contributed by atoms with van der Waals surface area (Å²) >= 11 is 0.896. The van der Waals surface area contributed by atoms with Crippen molar-refractivity contribution in [1.29, 1.82) is 0 Å². The Bertz CT molecular complexity index is 1250. The fraction of sp³-hybridized carbons (Fsp3) is 0.364. The van der Waals surface area contributed by atoms with Crippen LogP contribution in [0, 0.1) is 12.7 Å². The number of carbonyl (C=O) groups excluding carboxylic acids is 1. The number of ether oxygens (including phenoxy) is 1. The molecule has 0 unspecified atom stereocenters. The summed E-state index contributed by atoms with van der Waals surface area (Å²) in [5.41, 5.74) is -0.509. The Morgan fingerprint density at radius 1 is 1.27 bits per heavy atom. The van der Waals surface area contributed by atoms with E-state index in [1.807, 2.05) is 0 Å². The van der Waals surface area contributed by atoms with Crippen LogP contribution in [0.2, 0.25) is 0 Å². The van der Waals surface area contributed by atoms with Crippen LogP contribution >= 0.6 is 11.5 Å². The number of anilines is 3. The number of hydrogen-bond donors (Lipinski definition) is 2. The number of likely N-dealkylation sites (tertiary alicyclic amines) is 1. The van der Waals surface area contributed by atoms with Crippen LogP contribution in [0.1, 0.15) is 28.2 Å². The molecule has 1 atom stereocenters. The van der Waals surface area contributed by atoms with Gasteiger partial charge < -0.3 is 15.4 Å². The number of nitrogens with zero attached hydrogens (tertiary/aromatic N) is 4. The first-order valence-electron chi connectivity index (χ1n) is 10.9. The molecule has 4 rings (SSSR count). The minimum Gasteiger partial charge on any atom is -0.486 e. The smallest absolute Gasteiger partial charge is 0.434 e. The molecule has 1 fully saturated rings. The lowest BCUT2D eigenvalue weighted by atomic mass is 10.2. The highest BCUT2D eigenvalue weighted by molar-refractivity contribution is 7.10. The molecule has 0 radical (unpaired) electrons. The zero-order valence-corrected chi connectivity index (χ0v) is 20.0. The minimum absolute atomic E-state index is 0.0272. The van der Waals surface area contributed by atoms with Gasteiger partial charge in [0.2, 0.25) is 0 Å². The maximum Gasteiger partial charge on any atom is 0.434 e. The molecule has 2 aromatic heterocycles. The maximum atomic E-state index is 14.3. The molecule has 0 spiro atoms. The molecular weight excluding hydrogens is 526 g/mol. The molecule has 37 heavy (non-hydrogen) atoms. The van der Waals surface area contributed by atoms with Crippen molar-refractivity contribution in [2.45, 2.75) is 32.1 Å². The lowest BCUT2D eigenvalue weighted by molar-refractivity contribution is -0.141. The molecule has 0 bridgehead atoms. The second-order valence-electron chi connectivity index (χ2n) is 8.16. The number of alkyl halides is 5. The van der Waals surface area contributed by atoms with Crippen molar-refractivity contribution in [2.75, 3.05) is 30.3 Å². The summed E-state index contributed by atoms with van der Waals surface area (Å²) in [5.74, 6) is -1.46. The van der Waals surface area contributed by atoms with Gasteiger partial charge in [-0.2, -0.15) is 17.5 Å². The van der Waals surface area contributed by atoms with Crippen molar-refractivity contribution in [3.8, 4) is 5.75 Å². The van der Waals surface area contributed by atoms with Crippen LogP contribution < -0.4 is 15.4 Å². The molecule has 1 aromatic carbocycles. The van der Waals surface area contributed by atoms with Gasteiger partial charge in [0.25, 0.3) is 12.3 Å². The highest BCUT2D eigenvalue weighted by Gasteiger charge is 2.33. The van der Waals surface area contributed by atoms with E-state index in [9.17, 15) is 31.1 Å². The van der Waals surface area contributed by atoms with Crippen molar-refractivity contribution >= 4 is 33.9 Å². The SMILES string of the molecule is Cc1nsc(Nc2cnc(C(F)(F)F)cn2)c1C(=O)Nc1ccc(F)c(O[C@H]2CCN(CC(F)F)C2)c1. The van der Waals surface area contributed by atoms with E-state index < -0.39 is 36.1 Å². The van der Waals surface area contributed by atoms with Crippen molar-refractivity contribution in [3.05, 3.63) is 53.4 Å². The fourth-order valence-corrected chi connectivity index (χ4v) is 4.48. The van der Waals surface area contributed by atoms with Crippen molar-refractivity contribution < 1.29 is 35.9 Å². The normalized spacial score (nSPS) is 16.3. The molecule has 3 aromatic rings. The molecule has 0 saturated carbocycles. The van der Waals surface area contributed by atoms with E-state index in [1.165, 1.54) is 17.0 Å². The molecule has 0 aliphatic carbocycles. The number of halogens is 6. The second kappa shape index (κ2) is 10.9. The van der Waals surface area contributed by atoms with Gasteiger partial charge in [0, 0.05) is 24.8 Å². The average Bonchev–Trinajstić information content (AvgIpc) is 3.41. The van der Waals surface area contributed by atoms with Gasteiger partial charge in [0.1, 0.15) is 16.9 Å². The summed E-state index contributed by atoms with van der Waals surface area (Å²) in [4.78, 5) is 21.5. The third-order valence-corrected chi connectivity index (χ3v) is 6.24. The zero-order valence-electron chi connectivity index (χ0n) is 19.2. The van der Waals surface area contributed by atoms with Crippen LogP contribution in [0.3, 0.4) is 0 Å². The van der Waals surface area contributed by atoms with Crippen LogP contribution in [-0.4, -0.2) is 57.3 Å². The number of aromatic nitrogens is 3. The van der Waals surface area contributed by atoms with Crippen LogP contribution in [0.5, 0.6) is 5.75 Å². The first kappa shape index (κ1) is 26.6. The van der Waals surface area contributed by atoms with Gasteiger partial charge in [-0.25, -0.2) is 23.1 Å². The lowest BCUT2D eigenvalue weighted by Crippen LogP contribution is -2.29. The summed E-state index contributed by atoms with van der Waals surface area (Å²) in [5, 5.41) is 5.57. The van der Waals surface area contributed by atoms with E-state index in [0.29, 0.717) is 24.9 Å². The van der Waals surface area contributed by atoms with Gasteiger partial charge in [-0.05, 0) is 37.0 Å². The Hall–Kier alpha value is -3.46. The van der Waals surface area contributed by atoms with Crippen LogP contribution in [0.15, 0.2) is 30.6 Å². The highest BCUT2D eigenvalue weighted by atomic mass is 32.1. The van der Waals surface area contributed by atoms with E-state index in [-0.39, 0.29) is 40.9 Å². The predicted octanol–water partition coefficient (Wildman–Crippen LogP) is 5.11.